The predicted molar refractivity (Wildman–Crippen MR) is 109 cm³/mol. The van der Waals surface area contributed by atoms with E-state index in [2.05, 4.69) is 11.8 Å². The zero-order chi connectivity index (χ0) is 19.2. The molecule has 136 valence electrons. The van der Waals surface area contributed by atoms with Crippen LogP contribution in [0.2, 0.25) is 0 Å². The van der Waals surface area contributed by atoms with Crippen molar-refractivity contribution in [3.05, 3.63) is 95.1 Å². The highest BCUT2D eigenvalue weighted by atomic mass is 32.2. The van der Waals surface area contributed by atoms with Crippen molar-refractivity contribution in [1.29, 1.82) is 0 Å². The fourth-order valence-electron chi connectivity index (χ4n) is 2.69. The monoisotopic (exact) mass is 376 g/mol. The van der Waals surface area contributed by atoms with E-state index in [0.29, 0.717) is 15.4 Å². The number of hydrogen-bond donors (Lipinski definition) is 0. The van der Waals surface area contributed by atoms with Gasteiger partial charge in [-0.1, -0.05) is 65.4 Å². The van der Waals surface area contributed by atoms with Crippen molar-refractivity contribution in [1.82, 2.24) is 0 Å². The molecule has 0 heterocycles. The van der Waals surface area contributed by atoms with E-state index >= 15 is 0 Å². The van der Waals surface area contributed by atoms with Crippen LogP contribution in [0.1, 0.15) is 34.8 Å². The zero-order valence-corrected chi connectivity index (χ0v) is 16.2. The summed E-state index contributed by atoms with van der Waals surface area (Å²) in [5.41, 5.74) is 3.56. The average molecular weight is 376 g/mol. The Labute approximate surface area is 162 Å². The Hall–Kier alpha value is -2.70. The minimum atomic E-state index is -1.42. The third kappa shape index (κ3) is 4.93. The summed E-state index contributed by atoms with van der Waals surface area (Å²) in [6, 6.07) is 22.3. The molecule has 0 aliphatic carbocycles. The normalized spacial score (nSPS) is 12.7. The van der Waals surface area contributed by atoms with Crippen molar-refractivity contribution in [2.45, 2.75) is 36.2 Å². The first-order chi connectivity index (χ1) is 13.0. The van der Waals surface area contributed by atoms with Crippen LogP contribution in [0.4, 0.5) is 4.39 Å². The van der Waals surface area contributed by atoms with E-state index in [1.54, 1.807) is 24.3 Å². The van der Waals surface area contributed by atoms with Gasteiger partial charge in [0.15, 0.2) is 0 Å². The maximum absolute atomic E-state index is 14.9. The molecule has 0 bridgehead atoms. The first kappa shape index (κ1) is 19.1. The Bertz CT molecular complexity index is 995. The van der Waals surface area contributed by atoms with Gasteiger partial charge in [0, 0.05) is 27.3 Å². The van der Waals surface area contributed by atoms with Gasteiger partial charge in [0.1, 0.15) is 6.17 Å². The quantitative estimate of drug-likeness (QED) is 0.516. The number of hydrogen-bond acceptors (Lipinski definition) is 1. The van der Waals surface area contributed by atoms with Crippen molar-refractivity contribution in [2.75, 3.05) is 0 Å². The van der Waals surface area contributed by atoms with Gasteiger partial charge in [-0.15, -0.1) is 0 Å². The van der Waals surface area contributed by atoms with Crippen molar-refractivity contribution in [3.8, 4) is 11.8 Å². The van der Waals surface area contributed by atoms with Gasteiger partial charge in [0.25, 0.3) is 0 Å². The molecule has 0 saturated carbocycles. The molecule has 27 heavy (non-hydrogen) atoms. The number of alkyl halides is 1. The summed E-state index contributed by atoms with van der Waals surface area (Å²) in [5, 5.41) is 0. The van der Waals surface area contributed by atoms with Gasteiger partial charge in [0.2, 0.25) is 0 Å². The summed E-state index contributed by atoms with van der Waals surface area (Å²) >= 11 is 0. The summed E-state index contributed by atoms with van der Waals surface area (Å²) in [5.74, 6) is 5.90. The summed E-state index contributed by atoms with van der Waals surface area (Å²) < 4.78 is 27.8. The van der Waals surface area contributed by atoms with E-state index in [1.165, 1.54) is 0 Å². The molecule has 3 heteroatoms. The molecule has 3 rings (SSSR count). The van der Waals surface area contributed by atoms with Crippen LogP contribution in [0, 0.1) is 25.7 Å². The van der Waals surface area contributed by atoms with E-state index in [-0.39, 0.29) is 6.42 Å². The molecule has 1 unspecified atom stereocenters. The minimum Gasteiger partial charge on any atom is -0.249 e. The standard InChI is InChI=1S/C24H21FOS/c1-18-10-14-20(15-11-18)6-5-8-23(25)22-7-3-4-9-24(22)27(26)21-16-12-19(2)13-17-21/h3-4,7,9-17,23H,8H2,1-2H3/t23-,27?/m0/s1. The Kier molecular flexibility index (Phi) is 6.21. The highest BCUT2D eigenvalue weighted by Gasteiger charge is 2.18. The van der Waals surface area contributed by atoms with Gasteiger partial charge in [0.05, 0.1) is 10.8 Å². The lowest BCUT2D eigenvalue weighted by molar-refractivity contribution is 0.346. The molecule has 0 saturated heterocycles. The Morgan fingerprint density at radius 3 is 2.15 bits per heavy atom. The zero-order valence-electron chi connectivity index (χ0n) is 15.4. The maximum Gasteiger partial charge on any atom is 0.137 e. The largest absolute Gasteiger partial charge is 0.249 e. The Morgan fingerprint density at radius 1 is 0.889 bits per heavy atom. The first-order valence-electron chi connectivity index (χ1n) is 8.81. The first-order valence-corrected chi connectivity index (χ1v) is 9.96. The molecule has 0 radical (unpaired) electrons. The van der Waals surface area contributed by atoms with Gasteiger partial charge in [-0.3, -0.25) is 0 Å². The molecule has 1 nitrogen and oxygen atoms in total. The maximum atomic E-state index is 14.9. The number of halogens is 1. The lowest BCUT2D eigenvalue weighted by Gasteiger charge is -2.12. The Balaban J connectivity index is 1.79. The third-order valence-electron chi connectivity index (χ3n) is 4.26. The van der Waals surface area contributed by atoms with Crippen molar-refractivity contribution in [3.63, 3.8) is 0 Å². The highest BCUT2D eigenvalue weighted by molar-refractivity contribution is 7.85. The van der Waals surface area contributed by atoms with E-state index in [4.69, 9.17) is 0 Å². The molecule has 0 spiro atoms. The van der Waals surface area contributed by atoms with E-state index in [9.17, 15) is 8.60 Å². The molecule has 0 fully saturated rings. The van der Waals surface area contributed by atoms with Crippen LogP contribution in [0.3, 0.4) is 0 Å². The summed E-state index contributed by atoms with van der Waals surface area (Å²) in [6.45, 7) is 3.99. The third-order valence-corrected chi connectivity index (χ3v) is 5.73. The lowest BCUT2D eigenvalue weighted by Crippen LogP contribution is -2.01. The highest BCUT2D eigenvalue weighted by Crippen LogP contribution is 2.29. The van der Waals surface area contributed by atoms with Gasteiger partial charge in [-0.25, -0.2) is 8.60 Å². The van der Waals surface area contributed by atoms with Crippen molar-refractivity contribution >= 4 is 10.8 Å². The number of benzene rings is 3. The summed E-state index contributed by atoms with van der Waals surface area (Å²) in [7, 11) is -1.42. The van der Waals surface area contributed by atoms with Crippen LogP contribution in [-0.2, 0) is 10.8 Å². The predicted octanol–water partition coefficient (Wildman–Crippen LogP) is 5.92. The molecular weight excluding hydrogens is 355 g/mol. The topological polar surface area (TPSA) is 17.1 Å². The second-order valence-electron chi connectivity index (χ2n) is 6.46. The number of aryl methyl sites for hydroxylation is 2. The second kappa shape index (κ2) is 8.79. The van der Waals surface area contributed by atoms with Crippen molar-refractivity contribution < 1.29 is 8.60 Å². The molecule has 0 aromatic heterocycles. The van der Waals surface area contributed by atoms with E-state index in [0.717, 1.165) is 16.7 Å². The van der Waals surface area contributed by atoms with E-state index < -0.39 is 17.0 Å². The molecule has 0 aliphatic rings. The smallest absolute Gasteiger partial charge is 0.137 e. The average Bonchev–Trinajstić information content (AvgIpc) is 2.69. The summed E-state index contributed by atoms with van der Waals surface area (Å²) in [6.07, 6.45) is -1.22. The van der Waals surface area contributed by atoms with Crippen LogP contribution in [0.5, 0.6) is 0 Å². The molecule has 3 aromatic carbocycles. The van der Waals surface area contributed by atoms with Crippen LogP contribution >= 0.6 is 0 Å². The van der Waals surface area contributed by atoms with Crippen molar-refractivity contribution in [2.24, 2.45) is 0 Å². The minimum absolute atomic E-state index is 0.0655. The fraction of sp³-hybridized carbons (Fsp3) is 0.167. The summed E-state index contributed by atoms with van der Waals surface area (Å²) in [4.78, 5) is 1.18. The lowest BCUT2D eigenvalue weighted by atomic mass is 10.1. The van der Waals surface area contributed by atoms with Crippen LogP contribution in [0.15, 0.2) is 82.6 Å². The Morgan fingerprint density at radius 2 is 1.48 bits per heavy atom. The van der Waals surface area contributed by atoms with Crippen LogP contribution < -0.4 is 0 Å². The molecule has 0 N–H and O–H groups in total. The second-order valence-corrected chi connectivity index (χ2v) is 7.91. The van der Waals surface area contributed by atoms with Crippen LogP contribution in [0.25, 0.3) is 0 Å². The molecule has 2 atom stereocenters. The molecule has 0 amide bonds. The molecular formula is C24H21FOS. The molecule has 0 aliphatic heterocycles. The fourth-order valence-corrected chi connectivity index (χ4v) is 3.94. The number of rotatable bonds is 4. The van der Waals surface area contributed by atoms with E-state index in [1.807, 2.05) is 62.4 Å². The van der Waals surface area contributed by atoms with Gasteiger partial charge in [-0.2, -0.15) is 0 Å². The van der Waals surface area contributed by atoms with Gasteiger partial charge in [-0.05, 0) is 44.2 Å². The van der Waals surface area contributed by atoms with Crippen LogP contribution in [-0.4, -0.2) is 4.21 Å². The van der Waals surface area contributed by atoms with Gasteiger partial charge >= 0.3 is 0 Å². The SMILES string of the molecule is Cc1ccc(C#CC[C@H](F)c2ccccc2S(=O)c2ccc(C)cc2)cc1. The molecule has 3 aromatic rings. The van der Waals surface area contributed by atoms with Gasteiger partial charge < -0.3 is 0 Å².